The van der Waals surface area contributed by atoms with Gasteiger partial charge in [-0.3, -0.25) is 10.1 Å². The predicted octanol–water partition coefficient (Wildman–Crippen LogP) is 4.32. The van der Waals surface area contributed by atoms with E-state index in [0.717, 1.165) is 28.9 Å². The number of benzene rings is 2. The van der Waals surface area contributed by atoms with Crippen LogP contribution in [0.15, 0.2) is 71.9 Å². The molecule has 0 radical (unpaired) electrons. The van der Waals surface area contributed by atoms with Gasteiger partial charge in [0.15, 0.2) is 0 Å². The van der Waals surface area contributed by atoms with Crippen LogP contribution < -0.4 is 10.9 Å². The average molecular weight is 531 g/mol. The number of aromatic amines is 1. The van der Waals surface area contributed by atoms with Crippen molar-refractivity contribution in [2.75, 3.05) is 12.4 Å². The number of pyridine rings is 1. The molecule has 0 saturated heterocycles. The smallest absolute Gasteiger partial charge is 0.411 e. The molecule has 5 aromatic rings. The first-order valence-corrected chi connectivity index (χ1v) is 12.1. The van der Waals surface area contributed by atoms with E-state index in [9.17, 15) is 9.59 Å². The lowest BCUT2D eigenvalue weighted by Gasteiger charge is -2.11. The molecule has 0 aliphatic carbocycles. The molecule has 38 heavy (non-hydrogen) atoms. The number of rotatable bonds is 7. The lowest BCUT2D eigenvalue weighted by molar-refractivity contribution is 0.187. The molecule has 12 heteroatoms. The Morgan fingerprint density at radius 3 is 2.61 bits per heavy atom. The summed E-state index contributed by atoms with van der Waals surface area (Å²) in [6.07, 6.45) is 3.40. The summed E-state index contributed by atoms with van der Waals surface area (Å²) in [5, 5.41) is 14.5. The Kier molecular flexibility index (Phi) is 7.00. The minimum absolute atomic E-state index is 0.195. The van der Waals surface area contributed by atoms with Gasteiger partial charge in [0.1, 0.15) is 12.2 Å². The van der Waals surface area contributed by atoms with Gasteiger partial charge in [-0.05, 0) is 58.8 Å². The van der Waals surface area contributed by atoms with Crippen molar-refractivity contribution in [2.24, 2.45) is 0 Å². The molecule has 2 N–H and O–H groups in total. The summed E-state index contributed by atoms with van der Waals surface area (Å²) in [5.74, 6) is 0.653. The van der Waals surface area contributed by atoms with Crippen LogP contribution in [-0.2, 0) is 17.7 Å². The van der Waals surface area contributed by atoms with Gasteiger partial charge in [-0.2, -0.15) is 4.68 Å². The summed E-state index contributed by atoms with van der Waals surface area (Å²) in [5.41, 5.74) is 5.17. The van der Waals surface area contributed by atoms with Crippen LogP contribution in [-0.4, -0.2) is 47.9 Å². The number of hydrogen-bond donors (Lipinski definition) is 2. The van der Waals surface area contributed by atoms with Gasteiger partial charge in [0.25, 0.3) is 5.56 Å². The molecule has 1 amide bonds. The van der Waals surface area contributed by atoms with Crippen LogP contribution in [0.1, 0.15) is 18.4 Å². The molecule has 0 saturated carbocycles. The Morgan fingerprint density at radius 2 is 1.92 bits per heavy atom. The number of ether oxygens (including phenoxy) is 1. The van der Waals surface area contributed by atoms with Crippen LogP contribution in [0.4, 0.5) is 10.5 Å². The molecule has 0 unspecified atom stereocenters. The van der Waals surface area contributed by atoms with Gasteiger partial charge < -0.3 is 14.3 Å². The van der Waals surface area contributed by atoms with Gasteiger partial charge in [-0.25, -0.2) is 9.78 Å². The quantitative estimate of drug-likeness (QED) is 0.320. The van der Waals surface area contributed by atoms with Crippen LogP contribution in [0.3, 0.4) is 0 Å². The number of nitrogens with zero attached hydrogens (tertiary/aromatic N) is 6. The van der Waals surface area contributed by atoms with E-state index in [-0.39, 0.29) is 12.1 Å². The second kappa shape index (κ2) is 10.7. The first kappa shape index (κ1) is 24.9. The fourth-order valence-corrected chi connectivity index (χ4v) is 4.26. The fourth-order valence-electron chi connectivity index (χ4n) is 4.09. The molecular weight excluding hydrogens is 508 g/mol. The van der Waals surface area contributed by atoms with Gasteiger partial charge in [0.2, 0.25) is 0 Å². The molecule has 3 aromatic heterocycles. The van der Waals surface area contributed by atoms with Crippen molar-refractivity contribution in [1.29, 1.82) is 0 Å². The maximum atomic E-state index is 13.1. The fraction of sp³-hybridized carbons (Fsp3) is 0.154. The number of imidazole rings is 1. The highest BCUT2D eigenvalue weighted by molar-refractivity contribution is 6.31. The number of anilines is 1. The third-order valence-corrected chi connectivity index (χ3v) is 6.19. The Balaban J connectivity index is 1.41. The molecule has 0 fully saturated rings. The molecule has 3 heterocycles. The number of hydrogen-bond acceptors (Lipinski definition) is 7. The normalized spacial score (nSPS) is 10.9. The zero-order valence-corrected chi connectivity index (χ0v) is 21.3. The summed E-state index contributed by atoms with van der Waals surface area (Å²) in [6, 6.07) is 16.0. The van der Waals surface area contributed by atoms with Crippen molar-refractivity contribution in [1.82, 2.24) is 34.7 Å². The first-order valence-electron chi connectivity index (χ1n) is 11.7. The molecule has 0 atom stereocenters. The van der Waals surface area contributed by atoms with E-state index in [1.165, 1.54) is 18.1 Å². The van der Waals surface area contributed by atoms with Crippen LogP contribution in [0.2, 0.25) is 5.02 Å². The Morgan fingerprint density at radius 1 is 1.11 bits per heavy atom. The van der Waals surface area contributed by atoms with E-state index in [2.05, 4.69) is 30.6 Å². The van der Waals surface area contributed by atoms with Gasteiger partial charge in [0.05, 0.1) is 25.0 Å². The number of methoxy groups -OCH3 is 1. The first-order chi connectivity index (χ1) is 18.4. The van der Waals surface area contributed by atoms with Gasteiger partial charge in [0, 0.05) is 39.8 Å². The lowest BCUT2D eigenvalue weighted by atomic mass is 10.0. The van der Waals surface area contributed by atoms with E-state index in [1.807, 2.05) is 25.1 Å². The Hall–Kier alpha value is -4.77. The topological polar surface area (TPSA) is 133 Å². The second-order valence-electron chi connectivity index (χ2n) is 8.36. The van der Waals surface area contributed by atoms with Crippen molar-refractivity contribution >= 4 is 23.4 Å². The Bertz CT molecular complexity index is 1640. The van der Waals surface area contributed by atoms with E-state index >= 15 is 0 Å². The largest absolute Gasteiger partial charge is 0.453 e. The van der Waals surface area contributed by atoms with E-state index < -0.39 is 6.09 Å². The van der Waals surface area contributed by atoms with Crippen molar-refractivity contribution < 1.29 is 9.53 Å². The number of amides is 1. The summed E-state index contributed by atoms with van der Waals surface area (Å²) >= 11 is 6.24. The number of nitrogens with one attached hydrogen (secondary N) is 2. The van der Waals surface area contributed by atoms with Crippen LogP contribution >= 0.6 is 11.6 Å². The number of H-pyrrole nitrogens is 1. The van der Waals surface area contributed by atoms with Crippen molar-refractivity contribution in [3.63, 3.8) is 0 Å². The number of aromatic nitrogens is 7. The third-order valence-electron chi connectivity index (χ3n) is 5.95. The highest BCUT2D eigenvalue weighted by atomic mass is 35.5. The Labute approximate surface area is 222 Å². The summed E-state index contributed by atoms with van der Waals surface area (Å²) in [6.45, 7) is 2.30. The number of tetrazole rings is 1. The van der Waals surface area contributed by atoms with Crippen molar-refractivity contribution in [3.8, 4) is 28.1 Å². The van der Waals surface area contributed by atoms with E-state index in [4.69, 9.17) is 16.6 Å². The maximum absolute atomic E-state index is 13.1. The molecule has 11 nitrogen and oxygen atoms in total. The van der Waals surface area contributed by atoms with E-state index in [0.29, 0.717) is 27.8 Å². The average Bonchev–Trinajstić information content (AvgIpc) is 3.60. The molecule has 0 bridgehead atoms. The van der Waals surface area contributed by atoms with E-state index in [1.54, 1.807) is 47.2 Å². The molecule has 5 rings (SSSR count). The number of carbonyl (C=O) groups excluding carboxylic acids is 1. The molecule has 2 aromatic carbocycles. The van der Waals surface area contributed by atoms with Crippen molar-refractivity contribution in [3.05, 3.63) is 94.0 Å². The molecule has 192 valence electrons. The summed E-state index contributed by atoms with van der Waals surface area (Å²) in [7, 11) is 1.31. The molecular formula is C26H23ClN8O3. The van der Waals surface area contributed by atoms with Crippen LogP contribution in [0.25, 0.3) is 28.1 Å². The monoisotopic (exact) mass is 530 g/mol. The van der Waals surface area contributed by atoms with Crippen molar-refractivity contribution in [2.45, 2.75) is 19.9 Å². The summed E-state index contributed by atoms with van der Waals surface area (Å²) in [4.78, 5) is 32.6. The highest BCUT2D eigenvalue weighted by Gasteiger charge is 2.14. The number of aryl methyl sites for hydroxylation is 1. The number of carbonyl (C=O) groups is 1. The predicted molar refractivity (Wildman–Crippen MR) is 142 cm³/mol. The van der Waals surface area contributed by atoms with Gasteiger partial charge in [-0.15, -0.1) is 5.10 Å². The number of halogens is 1. The molecule has 0 aliphatic heterocycles. The minimum Gasteiger partial charge on any atom is -0.453 e. The van der Waals surface area contributed by atoms with Crippen LogP contribution in [0, 0.1) is 0 Å². The molecule has 0 aliphatic rings. The van der Waals surface area contributed by atoms with Crippen LogP contribution in [0.5, 0.6) is 0 Å². The van der Waals surface area contributed by atoms with Gasteiger partial charge >= 0.3 is 6.09 Å². The third kappa shape index (κ3) is 5.18. The standard InChI is InChI=1S/C26H23ClN8O3/c1-3-21-25(16-4-7-19(8-5-16)29-26(37)38-2)31-23(30-21)14-34-11-10-17(12-24(34)36)20-13-18(27)6-9-22(20)35-15-28-32-33-35/h4-13,15H,3,14H2,1-2H3,(H,29,37)(H,30,31). The minimum atomic E-state index is -0.535. The molecule has 0 spiro atoms. The highest BCUT2D eigenvalue weighted by Crippen LogP contribution is 2.29. The summed E-state index contributed by atoms with van der Waals surface area (Å²) < 4.78 is 7.72. The SMILES string of the molecule is CCc1[nH]c(Cn2ccc(-c3cc(Cl)ccc3-n3cnnn3)cc2=O)nc1-c1ccc(NC(=O)OC)cc1. The zero-order valence-electron chi connectivity index (χ0n) is 20.6. The zero-order chi connectivity index (χ0) is 26.6. The van der Waals surface area contributed by atoms with Gasteiger partial charge in [-0.1, -0.05) is 30.7 Å². The maximum Gasteiger partial charge on any atom is 0.411 e. The second-order valence-corrected chi connectivity index (χ2v) is 8.79. The lowest BCUT2D eigenvalue weighted by Crippen LogP contribution is -2.20.